The second-order valence-electron chi connectivity index (χ2n) is 5.07. The van der Waals surface area contributed by atoms with E-state index in [9.17, 15) is 22.8 Å². The maximum Gasteiger partial charge on any atom is 0.416 e. The van der Waals surface area contributed by atoms with E-state index in [1.165, 1.54) is 19.2 Å². The van der Waals surface area contributed by atoms with Crippen LogP contribution in [0.2, 0.25) is 0 Å². The quantitative estimate of drug-likeness (QED) is 0.610. The van der Waals surface area contributed by atoms with E-state index in [-0.39, 0.29) is 19.3 Å². The van der Waals surface area contributed by atoms with E-state index in [1.807, 2.05) is 6.07 Å². The van der Waals surface area contributed by atoms with Gasteiger partial charge in [-0.15, -0.1) is 0 Å². The number of carbonyl (C=O) groups excluding carboxylic acids is 2. The Bertz CT molecular complexity index is 606. The SMILES string of the molecule is COC(=O)[C@H](CCCC#N)NC(=O)Cc1ccc(C(F)(F)F)cc1. The molecule has 0 aliphatic carbocycles. The first-order chi connectivity index (χ1) is 11.3. The summed E-state index contributed by atoms with van der Waals surface area (Å²) in [6.07, 6.45) is -3.69. The van der Waals surface area contributed by atoms with Crippen LogP contribution in [0.4, 0.5) is 13.2 Å². The van der Waals surface area contributed by atoms with Crippen LogP contribution in [0.5, 0.6) is 0 Å². The standard InChI is InChI=1S/C16H17F3N2O3/c1-24-15(23)13(4-2-3-9-20)21-14(22)10-11-5-7-12(8-6-11)16(17,18)19/h5-8,13H,2-4,10H2,1H3,(H,21,22)/t13-/m0/s1. The molecule has 0 unspecified atom stereocenters. The van der Waals surface area contributed by atoms with Crippen molar-refractivity contribution in [1.29, 1.82) is 5.26 Å². The molecule has 0 bridgehead atoms. The number of ether oxygens (including phenoxy) is 1. The fourth-order valence-corrected chi connectivity index (χ4v) is 2.02. The molecule has 0 aromatic heterocycles. The van der Waals surface area contributed by atoms with Crippen LogP contribution in [0, 0.1) is 11.3 Å². The van der Waals surface area contributed by atoms with Crippen molar-refractivity contribution in [3.63, 3.8) is 0 Å². The van der Waals surface area contributed by atoms with Gasteiger partial charge in [0.15, 0.2) is 0 Å². The van der Waals surface area contributed by atoms with E-state index in [2.05, 4.69) is 10.1 Å². The summed E-state index contributed by atoms with van der Waals surface area (Å²) in [5.41, 5.74) is -0.406. The number of hydrogen-bond acceptors (Lipinski definition) is 4. The summed E-state index contributed by atoms with van der Waals surface area (Å²) in [6, 6.07) is 5.27. The molecule has 24 heavy (non-hydrogen) atoms. The lowest BCUT2D eigenvalue weighted by Gasteiger charge is -2.16. The van der Waals surface area contributed by atoms with Gasteiger partial charge in [-0.05, 0) is 30.5 Å². The van der Waals surface area contributed by atoms with E-state index in [0.717, 1.165) is 12.1 Å². The number of nitriles is 1. The van der Waals surface area contributed by atoms with Gasteiger partial charge in [0.25, 0.3) is 0 Å². The summed E-state index contributed by atoms with van der Waals surface area (Å²) >= 11 is 0. The van der Waals surface area contributed by atoms with Gasteiger partial charge in [-0.3, -0.25) is 4.79 Å². The molecule has 8 heteroatoms. The Morgan fingerprint density at radius 3 is 2.42 bits per heavy atom. The number of alkyl halides is 3. The summed E-state index contributed by atoms with van der Waals surface area (Å²) in [6.45, 7) is 0. The van der Waals surface area contributed by atoms with E-state index < -0.39 is 29.7 Å². The third kappa shape index (κ3) is 6.28. The molecule has 1 aromatic rings. The Morgan fingerprint density at radius 1 is 1.29 bits per heavy atom. The highest BCUT2D eigenvalue weighted by Gasteiger charge is 2.30. The Balaban J connectivity index is 2.65. The minimum absolute atomic E-state index is 0.163. The molecule has 5 nitrogen and oxygen atoms in total. The van der Waals surface area contributed by atoms with Crippen molar-refractivity contribution < 1.29 is 27.5 Å². The summed E-state index contributed by atoms with van der Waals surface area (Å²) in [7, 11) is 1.18. The zero-order valence-corrected chi connectivity index (χ0v) is 13.0. The number of methoxy groups -OCH3 is 1. The van der Waals surface area contributed by atoms with Crippen molar-refractivity contribution in [2.75, 3.05) is 7.11 Å². The van der Waals surface area contributed by atoms with E-state index >= 15 is 0 Å². The lowest BCUT2D eigenvalue weighted by Crippen LogP contribution is -2.42. The number of nitrogens with one attached hydrogen (secondary N) is 1. The monoisotopic (exact) mass is 342 g/mol. The van der Waals surface area contributed by atoms with Crippen LogP contribution in [0.15, 0.2) is 24.3 Å². The fourth-order valence-electron chi connectivity index (χ4n) is 2.02. The van der Waals surface area contributed by atoms with Gasteiger partial charge in [0, 0.05) is 6.42 Å². The van der Waals surface area contributed by atoms with Crippen molar-refractivity contribution in [3.8, 4) is 6.07 Å². The van der Waals surface area contributed by atoms with Gasteiger partial charge in [-0.25, -0.2) is 4.79 Å². The summed E-state index contributed by atoms with van der Waals surface area (Å²) in [4.78, 5) is 23.6. The van der Waals surface area contributed by atoms with Crippen molar-refractivity contribution in [2.24, 2.45) is 0 Å². The number of hydrogen-bond donors (Lipinski definition) is 1. The molecule has 1 amide bonds. The van der Waals surface area contributed by atoms with Gasteiger partial charge in [0.2, 0.25) is 5.91 Å². The second kappa shape index (κ2) is 8.91. The first-order valence-corrected chi connectivity index (χ1v) is 7.18. The Morgan fingerprint density at radius 2 is 1.92 bits per heavy atom. The fraction of sp³-hybridized carbons (Fsp3) is 0.438. The largest absolute Gasteiger partial charge is 0.467 e. The molecule has 0 saturated heterocycles. The Kier molecular flexibility index (Phi) is 7.24. The number of carbonyl (C=O) groups is 2. The van der Waals surface area contributed by atoms with Gasteiger partial charge >= 0.3 is 12.1 Å². The third-order valence-electron chi connectivity index (χ3n) is 3.25. The van der Waals surface area contributed by atoms with Gasteiger partial charge in [-0.2, -0.15) is 18.4 Å². The highest BCUT2D eigenvalue weighted by atomic mass is 19.4. The highest BCUT2D eigenvalue weighted by Crippen LogP contribution is 2.29. The summed E-state index contributed by atoms with van der Waals surface area (Å²) in [5, 5.41) is 11.0. The number of halogens is 3. The average Bonchev–Trinajstić information content (AvgIpc) is 2.53. The smallest absolute Gasteiger partial charge is 0.416 e. The van der Waals surface area contributed by atoms with Crippen LogP contribution < -0.4 is 5.32 Å². The number of nitrogens with zero attached hydrogens (tertiary/aromatic N) is 1. The Labute approximate surface area is 137 Å². The summed E-state index contributed by atoms with van der Waals surface area (Å²) in [5.74, 6) is -1.14. The van der Waals surface area contributed by atoms with Gasteiger partial charge in [0.1, 0.15) is 6.04 Å². The van der Waals surface area contributed by atoms with E-state index in [4.69, 9.17) is 5.26 Å². The van der Waals surface area contributed by atoms with E-state index in [1.54, 1.807) is 0 Å². The molecule has 1 atom stereocenters. The van der Waals surface area contributed by atoms with Crippen LogP contribution in [-0.2, 0) is 26.9 Å². The maximum absolute atomic E-state index is 12.5. The van der Waals surface area contributed by atoms with Crippen LogP contribution in [-0.4, -0.2) is 25.0 Å². The zero-order valence-electron chi connectivity index (χ0n) is 13.0. The summed E-state index contributed by atoms with van der Waals surface area (Å²) < 4.78 is 42.0. The second-order valence-corrected chi connectivity index (χ2v) is 5.07. The maximum atomic E-state index is 12.5. The van der Waals surface area contributed by atoms with Crippen molar-refractivity contribution in [3.05, 3.63) is 35.4 Å². The highest BCUT2D eigenvalue weighted by molar-refractivity contribution is 5.85. The van der Waals surface area contributed by atoms with Crippen molar-refractivity contribution in [2.45, 2.75) is 37.9 Å². The molecule has 0 heterocycles. The van der Waals surface area contributed by atoms with Crippen LogP contribution in [0.1, 0.15) is 30.4 Å². The first kappa shape index (κ1) is 19.5. The normalized spacial score (nSPS) is 12.1. The number of benzene rings is 1. The molecule has 130 valence electrons. The van der Waals surface area contributed by atoms with Gasteiger partial charge in [0.05, 0.1) is 25.2 Å². The van der Waals surface area contributed by atoms with Gasteiger partial charge in [-0.1, -0.05) is 12.1 Å². The van der Waals surface area contributed by atoms with Gasteiger partial charge < -0.3 is 10.1 Å². The van der Waals surface area contributed by atoms with Crippen molar-refractivity contribution in [1.82, 2.24) is 5.32 Å². The molecular formula is C16H17F3N2O3. The number of amides is 1. The topological polar surface area (TPSA) is 79.2 Å². The predicted octanol–water partition coefficient (Wildman–Crippen LogP) is 2.60. The first-order valence-electron chi connectivity index (χ1n) is 7.18. The van der Waals surface area contributed by atoms with Crippen LogP contribution in [0.3, 0.4) is 0 Å². The van der Waals surface area contributed by atoms with Crippen LogP contribution in [0.25, 0.3) is 0 Å². The average molecular weight is 342 g/mol. The molecule has 0 radical (unpaired) electrons. The molecular weight excluding hydrogens is 325 g/mol. The molecule has 1 rings (SSSR count). The number of unbranched alkanes of at least 4 members (excludes halogenated alkanes) is 1. The lowest BCUT2D eigenvalue weighted by molar-refractivity contribution is -0.145. The molecule has 0 aliphatic rings. The third-order valence-corrected chi connectivity index (χ3v) is 3.25. The number of rotatable bonds is 7. The number of esters is 1. The molecule has 1 N–H and O–H groups in total. The zero-order chi connectivity index (χ0) is 18.2. The van der Waals surface area contributed by atoms with Crippen LogP contribution >= 0.6 is 0 Å². The molecule has 0 saturated carbocycles. The van der Waals surface area contributed by atoms with E-state index in [0.29, 0.717) is 12.0 Å². The minimum Gasteiger partial charge on any atom is -0.467 e. The lowest BCUT2D eigenvalue weighted by atomic mass is 10.1. The predicted molar refractivity (Wildman–Crippen MR) is 78.6 cm³/mol. The molecule has 0 fully saturated rings. The molecule has 0 aliphatic heterocycles. The Hall–Kier alpha value is -2.56. The minimum atomic E-state index is -4.43. The molecule has 0 spiro atoms. The van der Waals surface area contributed by atoms with Crippen molar-refractivity contribution >= 4 is 11.9 Å². The molecule has 1 aromatic carbocycles.